The van der Waals surface area contributed by atoms with Gasteiger partial charge in [0.05, 0.1) is 12.2 Å². The second-order valence-electron chi connectivity index (χ2n) is 4.56. The van der Waals surface area contributed by atoms with E-state index < -0.39 is 16.0 Å². The van der Waals surface area contributed by atoms with E-state index in [0.717, 1.165) is 6.20 Å². The van der Waals surface area contributed by atoms with Gasteiger partial charge in [-0.3, -0.25) is 0 Å². The van der Waals surface area contributed by atoms with Crippen molar-refractivity contribution in [2.45, 2.75) is 31.3 Å². The van der Waals surface area contributed by atoms with Gasteiger partial charge in [-0.2, -0.15) is 4.31 Å². The number of rotatable bonds is 8. The first kappa shape index (κ1) is 17.5. The second kappa shape index (κ2) is 7.48. The van der Waals surface area contributed by atoms with Gasteiger partial charge in [0.25, 0.3) is 10.0 Å². The summed E-state index contributed by atoms with van der Waals surface area (Å²) in [5.74, 6) is -1.15. The van der Waals surface area contributed by atoms with Crippen LogP contribution in [0.25, 0.3) is 0 Å². The zero-order chi connectivity index (χ0) is 16.0. The molecule has 1 N–H and O–H groups in total. The van der Waals surface area contributed by atoms with E-state index >= 15 is 0 Å². The van der Waals surface area contributed by atoms with Gasteiger partial charge in [0.1, 0.15) is 0 Å². The Hall–Kier alpha value is -1.51. The lowest BCUT2D eigenvalue weighted by Crippen LogP contribution is -2.40. The number of carboxylic acids is 1. The first-order valence-electron chi connectivity index (χ1n) is 6.54. The maximum absolute atomic E-state index is 12.6. The number of carboxylic acid groups (broad SMARTS) is 1. The summed E-state index contributed by atoms with van der Waals surface area (Å²) in [6.07, 6.45) is 1.69. The number of aromatic carboxylic acids is 1. The molecule has 1 aromatic heterocycles. The molecule has 1 rings (SSSR count). The normalized spacial score (nSPS) is 13.3. The molecule has 1 unspecified atom stereocenters. The van der Waals surface area contributed by atoms with E-state index in [9.17, 15) is 13.2 Å². The summed E-state index contributed by atoms with van der Waals surface area (Å²) in [5, 5.41) is 8.65. The van der Waals surface area contributed by atoms with Gasteiger partial charge in [0.2, 0.25) is 0 Å². The van der Waals surface area contributed by atoms with Crippen LogP contribution >= 0.6 is 0 Å². The first-order valence-corrected chi connectivity index (χ1v) is 7.98. The van der Waals surface area contributed by atoms with E-state index in [-0.39, 0.29) is 29.8 Å². The standard InChI is InChI=1S/C13H20N2O5S/c1-4-10(2)15(7-8-20-3)21(18,19)12-6-5-11(9-14-12)13(16)17/h5-6,9-10H,4,7-8H2,1-3H3,(H,16,17). The Morgan fingerprint density at radius 3 is 2.57 bits per heavy atom. The summed E-state index contributed by atoms with van der Waals surface area (Å²) in [4.78, 5) is 14.5. The summed E-state index contributed by atoms with van der Waals surface area (Å²) in [6, 6.07) is 2.24. The van der Waals surface area contributed by atoms with E-state index in [0.29, 0.717) is 6.42 Å². The van der Waals surface area contributed by atoms with Crippen molar-refractivity contribution in [2.75, 3.05) is 20.3 Å². The van der Waals surface area contributed by atoms with E-state index in [2.05, 4.69) is 4.98 Å². The Balaban J connectivity index is 3.12. The minimum atomic E-state index is -3.78. The topological polar surface area (TPSA) is 96.8 Å². The number of aromatic nitrogens is 1. The highest BCUT2D eigenvalue weighted by atomic mass is 32.2. The number of sulfonamides is 1. The number of nitrogens with zero attached hydrogens (tertiary/aromatic N) is 2. The van der Waals surface area contributed by atoms with E-state index in [1.54, 1.807) is 6.92 Å². The predicted molar refractivity (Wildman–Crippen MR) is 76.7 cm³/mol. The molecule has 1 atom stereocenters. The largest absolute Gasteiger partial charge is 0.478 e. The van der Waals surface area contributed by atoms with Crippen molar-refractivity contribution in [3.8, 4) is 0 Å². The van der Waals surface area contributed by atoms with Crippen molar-refractivity contribution >= 4 is 16.0 Å². The molecule has 0 spiro atoms. The van der Waals surface area contributed by atoms with Crippen molar-refractivity contribution in [2.24, 2.45) is 0 Å². The SMILES string of the molecule is CCC(C)N(CCOC)S(=O)(=O)c1ccc(C(=O)O)cn1. The lowest BCUT2D eigenvalue weighted by atomic mass is 10.3. The molecule has 0 aliphatic heterocycles. The lowest BCUT2D eigenvalue weighted by Gasteiger charge is -2.26. The third-order valence-corrected chi connectivity index (χ3v) is 5.08. The van der Waals surface area contributed by atoms with Gasteiger partial charge in [-0.1, -0.05) is 6.92 Å². The van der Waals surface area contributed by atoms with Gasteiger partial charge in [-0.25, -0.2) is 18.2 Å². The van der Waals surface area contributed by atoms with Crippen LogP contribution in [-0.2, 0) is 14.8 Å². The third kappa shape index (κ3) is 4.23. The Kier molecular flexibility index (Phi) is 6.25. The highest BCUT2D eigenvalue weighted by molar-refractivity contribution is 7.89. The lowest BCUT2D eigenvalue weighted by molar-refractivity contribution is 0.0696. The van der Waals surface area contributed by atoms with Crippen LogP contribution in [0.1, 0.15) is 30.6 Å². The van der Waals surface area contributed by atoms with Crippen molar-refractivity contribution in [1.82, 2.24) is 9.29 Å². The van der Waals surface area contributed by atoms with Crippen molar-refractivity contribution in [3.05, 3.63) is 23.9 Å². The Labute approximate surface area is 124 Å². The molecule has 8 heteroatoms. The maximum atomic E-state index is 12.6. The molecular formula is C13H20N2O5S. The molecule has 7 nitrogen and oxygen atoms in total. The molecule has 0 aliphatic carbocycles. The van der Waals surface area contributed by atoms with Crippen LogP contribution in [0.5, 0.6) is 0 Å². The summed E-state index contributed by atoms with van der Waals surface area (Å²) >= 11 is 0. The number of hydrogen-bond donors (Lipinski definition) is 1. The average Bonchev–Trinajstić information content (AvgIpc) is 2.47. The quantitative estimate of drug-likeness (QED) is 0.774. The van der Waals surface area contributed by atoms with E-state index in [1.165, 1.54) is 23.5 Å². The van der Waals surface area contributed by atoms with Crippen LogP contribution in [0.2, 0.25) is 0 Å². The molecule has 0 saturated carbocycles. The number of methoxy groups -OCH3 is 1. The summed E-state index contributed by atoms with van der Waals surface area (Å²) in [6.45, 7) is 4.19. The van der Waals surface area contributed by atoms with Crippen LogP contribution in [-0.4, -0.2) is 55.1 Å². The molecule has 1 heterocycles. The highest BCUT2D eigenvalue weighted by Gasteiger charge is 2.29. The van der Waals surface area contributed by atoms with Crippen molar-refractivity contribution in [1.29, 1.82) is 0 Å². The first-order chi connectivity index (χ1) is 9.84. The molecule has 0 radical (unpaired) electrons. The third-order valence-electron chi connectivity index (χ3n) is 3.15. The molecule has 0 amide bonds. The molecular weight excluding hydrogens is 296 g/mol. The number of hydrogen-bond acceptors (Lipinski definition) is 5. The van der Waals surface area contributed by atoms with Gasteiger partial charge in [-0.15, -0.1) is 0 Å². The van der Waals surface area contributed by atoms with Crippen LogP contribution in [0.4, 0.5) is 0 Å². The van der Waals surface area contributed by atoms with Crippen molar-refractivity contribution < 1.29 is 23.1 Å². The maximum Gasteiger partial charge on any atom is 0.337 e. The number of pyridine rings is 1. The molecule has 0 aromatic carbocycles. The molecule has 1 aromatic rings. The van der Waals surface area contributed by atoms with Gasteiger partial charge < -0.3 is 9.84 Å². The highest BCUT2D eigenvalue weighted by Crippen LogP contribution is 2.18. The van der Waals surface area contributed by atoms with Gasteiger partial charge in [0.15, 0.2) is 5.03 Å². The van der Waals surface area contributed by atoms with Crippen molar-refractivity contribution in [3.63, 3.8) is 0 Å². The van der Waals surface area contributed by atoms with Crippen LogP contribution in [0.3, 0.4) is 0 Å². The van der Waals surface area contributed by atoms with E-state index in [1.807, 2.05) is 6.92 Å². The van der Waals surface area contributed by atoms with Crippen LogP contribution in [0.15, 0.2) is 23.4 Å². The predicted octanol–water partition coefficient (Wildman–Crippen LogP) is 1.22. The van der Waals surface area contributed by atoms with E-state index in [4.69, 9.17) is 9.84 Å². The van der Waals surface area contributed by atoms with Gasteiger partial charge >= 0.3 is 5.97 Å². The van der Waals surface area contributed by atoms with Gasteiger partial charge in [0, 0.05) is 25.9 Å². The number of carbonyl (C=O) groups is 1. The fourth-order valence-electron chi connectivity index (χ4n) is 1.74. The number of ether oxygens (including phenoxy) is 1. The molecule has 118 valence electrons. The summed E-state index contributed by atoms with van der Waals surface area (Å²) in [7, 11) is -2.28. The minimum absolute atomic E-state index is 0.0547. The Morgan fingerprint density at radius 1 is 1.48 bits per heavy atom. The fourth-order valence-corrected chi connectivity index (χ4v) is 3.35. The Bertz CT molecular complexity index is 571. The monoisotopic (exact) mass is 316 g/mol. The molecule has 0 saturated heterocycles. The molecule has 0 fully saturated rings. The smallest absolute Gasteiger partial charge is 0.337 e. The summed E-state index contributed by atoms with van der Waals surface area (Å²) < 4.78 is 31.4. The molecule has 0 bridgehead atoms. The fraction of sp³-hybridized carbons (Fsp3) is 0.538. The van der Waals surface area contributed by atoms with Crippen LogP contribution in [0, 0.1) is 0 Å². The molecule has 0 aliphatic rings. The van der Waals surface area contributed by atoms with Crippen LogP contribution < -0.4 is 0 Å². The Morgan fingerprint density at radius 2 is 2.14 bits per heavy atom. The summed E-state index contributed by atoms with van der Waals surface area (Å²) in [5.41, 5.74) is -0.0547. The minimum Gasteiger partial charge on any atom is -0.478 e. The zero-order valence-corrected chi connectivity index (χ0v) is 13.1. The average molecular weight is 316 g/mol. The van der Waals surface area contributed by atoms with Gasteiger partial charge in [-0.05, 0) is 25.5 Å². The molecule has 21 heavy (non-hydrogen) atoms. The zero-order valence-electron chi connectivity index (χ0n) is 12.3. The second-order valence-corrected chi connectivity index (χ2v) is 6.39.